The Balaban J connectivity index is 2.59. The maximum atomic E-state index is 11.5. The third kappa shape index (κ3) is 5.52. The summed E-state index contributed by atoms with van der Waals surface area (Å²) in [4.78, 5) is 11.5. The summed E-state index contributed by atoms with van der Waals surface area (Å²) in [6.07, 6.45) is -0.420. The van der Waals surface area contributed by atoms with Crippen LogP contribution in [0.5, 0.6) is 0 Å². The monoisotopic (exact) mass is 283 g/mol. The van der Waals surface area contributed by atoms with E-state index in [0.29, 0.717) is 12.5 Å². The molecule has 0 heterocycles. The maximum absolute atomic E-state index is 11.5. The fourth-order valence-corrected chi connectivity index (χ4v) is 2.06. The number of hydrogen-bond donors (Lipinski definition) is 1. The predicted octanol–water partition coefficient (Wildman–Crippen LogP) is 4.49. The molecule has 19 heavy (non-hydrogen) atoms. The number of alkyl carbamates (subject to hydrolysis) is 1. The first-order valence-corrected chi connectivity index (χ1v) is 6.82. The van der Waals surface area contributed by atoms with Gasteiger partial charge in [-0.25, -0.2) is 4.79 Å². The van der Waals surface area contributed by atoms with Gasteiger partial charge in [0.1, 0.15) is 5.60 Å². The van der Waals surface area contributed by atoms with Gasteiger partial charge in [-0.2, -0.15) is 0 Å². The van der Waals surface area contributed by atoms with Crippen molar-refractivity contribution in [1.29, 1.82) is 0 Å². The molecule has 0 aliphatic carbocycles. The largest absolute Gasteiger partial charge is 0.444 e. The molecule has 3 nitrogen and oxygen atoms in total. The molecule has 0 aliphatic rings. The van der Waals surface area contributed by atoms with Crippen LogP contribution in [-0.2, 0) is 11.3 Å². The third-order valence-electron chi connectivity index (χ3n) is 2.52. The van der Waals surface area contributed by atoms with Crippen LogP contribution in [0.25, 0.3) is 0 Å². The van der Waals surface area contributed by atoms with E-state index >= 15 is 0 Å². The van der Waals surface area contributed by atoms with Gasteiger partial charge in [-0.3, -0.25) is 0 Å². The van der Waals surface area contributed by atoms with Crippen LogP contribution in [0.1, 0.15) is 51.7 Å². The van der Waals surface area contributed by atoms with E-state index in [2.05, 4.69) is 19.2 Å². The number of carbonyl (C=O) groups is 1. The van der Waals surface area contributed by atoms with Crippen molar-refractivity contribution < 1.29 is 9.53 Å². The van der Waals surface area contributed by atoms with Crippen LogP contribution in [0.3, 0.4) is 0 Å². The lowest BCUT2D eigenvalue weighted by Gasteiger charge is -2.19. The van der Waals surface area contributed by atoms with E-state index in [4.69, 9.17) is 16.3 Å². The standard InChI is InChI=1S/C15H22ClNO2/c1-10(2)12-7-6-11(8-13(12)16)9-17-14(18)19-15(3,4)5/h6-8,10H,9H2,1-5H3,(H,17,18). The Kier molecular flexibility index (Phi) is 5.24. The number of hydrogen-bond acceptors (Lipinski definition) is 2. The zero-order valence-electron chi connectivity index (χ0n) is 12.2. The fraction of sp³-hybridized carbons (Fsp3) is 0.533. The molecule has 0 aliphatic heterocycles. The molecule has 1 N–H and O–H groups in total. The van der Waals surface area contributed by atoms with Gasteiger partial charge in [0.05, 0.1) is 0 Å². The van der Waals surface area contributed by atoms with Gasteiger partial charge in [0.25, 0.3) is 0 Å². The molecule has 0 bridgehead atoms. The summed E-state index contributed by atoms with van der Waals surface area (Å²) >= 11 is 6.20. The number of rotatable bonds is 3. The molecular formula is C15H22ClNO2. The number of benzene rings is 1. The molecule has 0 fully saturated rings. The molecule has 4 heteroatoms. The summed E-state index contributed by atoms with van der Waals surface area (Å²) in [5, 5.41) is 3.45. The zero-order chi connectivity index (χ0) is 14.6. The average Bonchev–Trinajstić information content (AvgIpc) is 2.23. The number of carbonyl (C=O) groups excluding carboxylic acids is 1. The van der Waals surface area contributed by atoms with Gasteiger partial charge in [0.15, 0.2) is 0 Å². The highest BCUT2D eigenvalue weighted by molar-refractivity contribution is 6.31. The van der Waals surface area contributed by atoms with Gasteiger partial charge >= 0.3 is 6.09 Å². The predicted molar refractivity (Wildman–Crippen MR) is 78.6 cm³/mol. The summed E-state index contributed by atoms with van der Waals surface area (Å²) in [6, 6.07) is 5.85. The van der Waals surface area contributed by atoms with E-state index < -0.39 is 11.7 Å². The summed E-state index contributed by atoms with van der Waals surface area (Å²) in [7, 11) is 0. The first kappa shape index (κ1) is 15.8. The highest BCUT2D eigenvalue weighted by Crippen LogP contribution is 2.25. The van der Waals surface area contributed by atoms with Crippen molar-refractivity contribution in [2.24, 2.45) is 0 Å². The van der Waals surface area contributed by atoms with Crippen LogP contribution in [0.15, 0.2) is 18.2 Å². The Morgan fingerprint density at radius 1 is 1.37 bits per heavy atom. The van der Waals surface area contributed by atoms with Crippen molar-refractivity contribution in [2.75, 3.05) is 0 Å². The van der Waals surface area contributed by atoms with Gasteiger partial charge < -0.3 is 10.1 Å². The van der Waals surface area contributed by atoms with E-state index in [1.54, 1.807) is 0 Å². The van der Waals surface area contributed by atoms with Crippen molar-refractivity contribution in [3.63, 3.8) is 0 Å². The van der Waals surface area contributed by atoms with Crippen LogP contribution in [-0.4, -0.2) is 11.7 Å². The van der Waals surface area contributed by atoms with E-state index in [1.807, 2.05) is 39.0 Å². The maximum Gasteiger partial charge on any atom is 0.407 e. The van der Waals surface area contributed by atoms with Crippen molar-refractivity contribution in [3.05, 3.63) is 34.3 Å². The number of amides is 1. The normalized spacial score (nSPS) is 11.5. The van der Waals surface area contributed by atoms with E-state index in [0.717, 1.165) is 16.1 Å². The summed E-state index contributed by atoms with van der Waals surface area (Å²) < 4.78 is 5.17. The lowest BCUT2D eigenvalue weighted by molar-refractivity contribution is 0.0523. The Morgan fingerprint density at radius 2 is 2.00 bits per heavy atom. The lowest BCUT2D eigenvalue weighted by atomic mass is 10.0. The topological polar surface area (TPSA) is 38.3 Å². The van der Waals surface area contributed by atoms with Crippen LogP contribution in [0, 0.1) is 0 Å². The fourth-order valence-electron chi connectivity index (χ4n) is 1.64. The molecule has 0 saturated heterocycles. The molecule has 1 rings (SSSR count). The van der Waals surface area contributed by atoms with Gasteiger partial charge in [-0.05, 0) is 43.9 Å². The zero-order valence-corrected chi connectivity index (χ0v) is 13.0. The van der Waals surface area contributed by atoms with Gasteiger partial charge in [-0.1, -0.05) is 37.6 Å². The first-order chi connectivity index (χ1) is 8.69. The highest BCUT2D eigenvalue weighted by Gasteiger charge is 2.15. The molecule has 0 aromatic heterocycles. The quantitative estimate of drug-likeness (QED) is 0.888. The number of ether oxygens (including phenoxy) is 1. The van der Waals surface area contributed by atoms with Crippen LogP contribution in [0.2, 0.25) is 5.02 Å². The van der Waals surface area contributed by atoms with E-state index in [1.165, 1.54) is 0 Å². The molecular weight excluding hydrogens is 262 g/mol. The second kappa shape index (κ2) is 6.29. The molecule has 1 aromatic rings. The minimum atomic E-state index is -0.483. The first-order valence-electron chi connectivity index (χ1n) is 6.44. The molecule has 0 spiro atoms. The second-order valence-electron chi connectivity index (χ2n) is 5.87. The smallest absolute Gasteiger partial charge is 0.407 e. The summed E-state index contributed by atoms with van der Waals surface area (Å²) in [6.45, 7) is 10.1. The molecule has 1 amide bonds. The Hall–Kier alpha value is -1.22. The van der Waals surface area contributed by atoms with Crippen molar-refractivity contribution >= 4 is 17.7 Å². The Morgan fingerprint density at radius 3 is 2.47 bits per heavy atom. The van der Waals surface area contributed by atoms with Gasteiger partial charge in [0.2, 0.25) is 0 Å². The average molecular weight is 284 g/mol. The molecule has 0 unspecified atom stereocenters. The molecule has 1 aromatic carbocycles. The third-order valence-corrected chi connectivity index (χ3v) is 2.85. The Bertz CT molecular complexity index is 450. The van der Waals surface area contributed by atoms with Crippen LogP contribution < -0.4 is 5.32 Å². The summed E-state index contributed by atoms with van der Waals surface area (Å²) in [5.41, 5.74) is 1.59. The number of halogens is 1. The minimum Gasteiger partial charge on any atom is -0.444 e. The van der Waals surface area contributed by atoms with E-state index in [9.17, 15) is 4.79 Å². The SMILES string of the molecule is CC(C)c1ccc(CNC(=O)OC(C)(C)C)cc1Cl. The van der Waals surface area contributed by atoms with E-state index in [-0.39, 0.29) is 0 Å². The van der Waals surface area contributed by atoms with Gasteiger partial charge in [0, 0.05) is 11.6 Å². The molecule has 106 valence electrons. The molecule has 0 atom stereocenters. The van der Waals surface area contributed by atoms with Gasteiger partial charge in [-0.15, -0.1) is 0 Å². The molecule has 0 saturated carbocycles. The lowest BCUT2D eigenvalue weighted by Crippen LogP contribution is -2.32. The van der Waals surface area contributed by atoms with Crippen LogP contribution >= 0.6 is 11.6 Å². The Labute approximate surface area is 120 Å². The molecule has 0 radical (unpaired) electrons. The summed E-state index contributed by atoms with van der Waals surface area (Å²) in [5.74, 6) is 0.389. The van der Waals surface area contributed by atoms with Crippen molar-refractivity contribution in [3.8, 4) is 0 Å². The van der Waals surface area contributed by atoms with Crippen LogP contribution in [0.4, 0.5) is 4.79 Å². The minimum absolute atomic E-state index is 0.389. The number of nitrogens with one attached hydrogen (secondary N) is 1. The highest BCUT2D eigenvalue weighted by atomic mass is 35.5. The van der Waals surface area contributed by atoms with Crippen molar-refractivity contribution in [1.82, 2.24) is 5.32 Å². The van der Waals surface area contributed by atoms with Crippen molar-refractivity contribution in [2.45, 2.75) is 52.7 Å². The second-order valence-corrected chi connectivity index (χ2v) is 6.27.